The molecule has 0 radical (unpaired) electrons. The molecule has 0 saturated carbocycles. The first-order valence-corrected chi connectivity index (χ1v) is 5.90. The molecule has 3 nitrogen and oxygen atoms in total. The molecule has 2 heterocycles. The lowest BCUT2D eigenvalue weighted by atomic mass is 9.88. The van der Waals surface area contributed by atoms with Crippen LogP contribution in [0.3, 0.4) is 0 Å². The van der Waals surface area contributed by atoms with Crippen LogP contribution in [-0.2, 0) is 19.4 Å². The van der Waals surface area contributed by atoms with Gasteiger partial charge in [0.25, 0.3) is 5.56 Å². The van der Waals surface area contributed by atoms with Crippen molar-refractivity contribution in [3.05, 3.63) is 27.4 Å². The lowest BCUT2D eigenvalue weighted by Crippen LogP contribution is -2.30. The van der Waals surface area contributed by atoms with Crippen molar-refractivity contribution in [2.24, 2.45) is 0 Å². The van der Waals surface area contributed by atoms with Crippen LogP contribution < -0.4 is 5.56 Å². The standard InChI is InChI=1S/C12H16N2O/c1-8-4-2-5-9-11(8)12(15)14-7-3-6-10(14)13-9/h8H,2-7H2,1H3. The number of aromatic nitrogens is 2. The van der Waals surface area contributed by atoms with E-state index in [1.165, 1.54) is 6.42 Å². The van der Waals surface area contributed by atoms with E-state index in [-0.39, 0.29) is 5.56 Å². The summed E-state index contributed by atoms with van der Waals surface area (Å²) >= 11 is 0. The molecular weight excluding hydrogens is 188 g/mol. The minimum atomic E-state index is 0.250. The minimum absolute atomic E-state index is 0.250. The number of hydrogen-bond acceptors (Lipinski definition) is 2. The maximum atomic E-state index is 12.2. The van der Waals surface area contributed by atoms with E-state index >= 15 is 0 Å². The maximum absolute atomic E-state index is 12.2. The van der Waals surface area contributed by atoms with Gasteiger partial charge in [-0.2, -0.15) is 0 Å². The van der Waals surface area contributed by atoms with Gasteiger partial charge in [0, 0.05) is 18.5 Å². The van der Waals surface area contributed by atoms with Crippen LogP contribution in [0.15, 0.2) is 4.79 Å². The Balaban J connectivity index is 2.26. The molecule has 0 saturated heterocycles. The van der Waals surface area contributed by atoms with Crippen LogP contribution >= 0.6 is 0 Å². The van der Waals surface area contributed by atoms with Crippen LogP contribution in [0.25, 0.3) is 0 Å². The van der Waals surface area contributed by atoms with E-state index in [2.05, 4.69) is 11.9 Å². The molecule has 1 aliphatic heterocycles. The highest BCUT2D eigenvalue weighted by Gasteiger charge is 2.25. The summed E-state index contributed by atoms with van der Waals surface area (Å²) in [7, 11) is 0. The van der Waals surface area contributed by atoms with Crippen molar-refractivity contribution >= 4 is 0 Å². The van der Waals surface area contributed by atoms with E-state index in [9.17, 15) is 4.79 Å². The first kappa shape index (κ1) is 9.13. The number of aryl methyl sites for hydroxylation is 2. The molecule has 15 heavy (non-hydrogen) atoms. The van der Waals surface area contributed by atoms with Crippen molar-refractivity contribution in [3.63, 3.8) is 0 Å². The third-order valence-corrected chi connectivity index (χ3v) is 3.69. The topological polar surface area (TPSA) is 34.9 Å². The molecule has 0 bridgehead atoms. The molecule has 0 aromatic carbocycles. The fraction of sp³-hybridized carbons (Fsp3) is 0.667. The van der Waals surface area contributed by atoms with Crippen molar-refractivity contribution in [3.8, 4) is 0 Å². The monoisotopic (exact) mass is 204 g/mol. The maximum Gasteiger partial charge on any atom is 0.257 e. The molecule has 3 heteroatoms. The van der Waals surface area contributed by atoms with Crippen molar-refractivity contribution in [1.82, 2.24) is 9.55 Å². The van der Waals surface area contributed by atoms with Crippen LogP contribution in [0.2, 0.25) is 0 Å². The minimum Gasteiger partial charge on any atom is -0.296 e. The molecule has 0 spiro atoms. The van der Waals surface area contributed by atoms with Gasteiger partial charge in [-0.25, -0.2) is 4.98 Å². The number of fused-ring (bicyclic) bond motifs is 2. The van der Waals surface area contributed by atoms with Gasteiger partial charge in [0.2, 0.25) is 0 Å². The van der Waals surface area contributed by atoms with E-state index in [0.717, 1.165) is 49.3 Å². The summed E-state index contributed by atoms with van der Waals surface area (Å²) in [5.41, 5.74) is 2.35. The second kappa shape index (κ2) is 3.19. The smallest absolute Gasteiger partial charge is 0.257 e. The summed E-state index contributed by atoms with van der Waals surface area (Å²) < 4.78 is 1.89. The highest BCUT2D eigenvalue weighted by Crippen LogP contribution is 2.28. The van der Waals surface area contributed by atoms with Crippen LogP contribution in [0, 0.1) is 0 Å². The van der Waals surface area contributed by atoms with Gasteiger partial charge in [-0.3, -0.25) is 9.36 Å². The van der Waals surface area contributed by atoms with E-state index in [1.54, 1.807) is 0 Å². The summed E-state index contributed by atoms with van der Waals surface area (Å²) in [5, 5.41) is 0. The van der Waals surface area contributed by atoms with E-state index in [1.807, 2.05) is 4.57 Å². The van der Waals surface area contributed by atoms with Gasteiger partial charge in [-0.15, -0.1) is 0 Å². The second-order valence-corrected chi connectivity index (χ2v) is 4.74. The molecule has 2 aliphatic rings. The van der Waals surface area contributed by atoms with Crippen molar-refractivity contribution < 1.29 is 0 Å². The summed E-state index contributed by atoms with van der Waals surface area (Å²) in [4.78, 5) is 16.9. The SMILES string of the molecule is CC1CCCc2nc3n(c(=O)c21)CCC3. The Labute approximate surface area is 89.2 Å². The lowest BCUT2D eigenvalue weighted by Gasteiger charge is -2.21. The molecule has 1 aromatic rings. The largest absolute Gasteiger partial charge is 0.296 e. The Kier molecular flexibility index (Phi) is 1.94. The average molecular weight is 204 g/mol. The van der Waals surface area contributed by atoms with Crippen molar-refractivity contribution in [2.45, 2.75) is 51.5 Å². The summed E-state index contributed by atoms with van der Waals surface area (Å²) in [6.07, 6.45) is 5.40. The molecule has 1 aromatic heterocycles. The fourth-order valence-electron chi connectivity index (χ4n) is 2.88. The molecular formula is C12H16N2O. The third-order valence-electron chi connectivity index (χ3n) is 3.69. The van der Waals surface area contributed by atoms with Crippen LogP contribution in [-0.4, -0.2) is 9.55 Å². The zero-order chi connectivity index (χ0) is 10.4. The van der Waals surface area contributed by atoms with E-state index in [4.69, 9.17) is 0 Å². The van der Waals surface area contributed by atoms with Gasteiger partial charge < -0.3 is 0 Å². The number of rotatable bonds is 0. The molecule has 1 unspecified atom stereocenters. The summed E-state index contributed by atoms with van der Waals surface area (Å²) in [6, 6.07) is 0. The first-order valence-electron chi connectivity index (χ1n) is 5.90. The Morgan fingerprint density at radius 1 is 1.33 bits per heavy atom. The molecule has 0 amide bonds. The molecule has 1 aliphatic carbocycles. The Hall–Kier alpha value is -1.12. The molecule has 80 valence electrons. The van der Waals surface area contributed by atoms with Crippen LogP contribution in [0.5, 0.6) is 0 Å². The van der Waals surface area contributed by atoms with Gasteiger partial charge >= 0.3 is 0 Å². The molecule has 3 rings (SSSR count). The highest BCUT2D eigenvalue weighted by atomic mass is 16.1. The number of nitrogens with zero attached hydrogens (tertiary/aromatic N) is 2. The zero-order valence-corrected chi connectivity index (χ0v) is 9.12. The van der Waals surface area contributed by atoms with E-state index in [0.29, 0.717) is 5.92 Å². The Morgan fingerprint density at radius 3 is 3.07 bits per heavy atom. The fourth-order valence-corrected chi connectivity index (χ4v) is 2.88. The normalized spacial score (nSPS) is 23.7. The average Bonchev–Trinajstić information content (AvgIpc) is 2.66. The van der Waals surface area contributed by atoms with Crippen LogP contribution in [0.1, 0.15) is 49.2 Å². The zero-order valence-electron chi connectivity index (χ0n) is 9.12. The Bertz CT molecular complexity index is 461. The van der Waals surface area contributed by atoms with Gasteiger partial charge in [0.1, 0.15) is 5.82 Å². The van der Waals surface area contributed by atoms with Gasteiger partial charge in [-0.05, 0) is 31.6 Å². The lowest BCUT2D eigenvalue weighted by molar-refractivity contribution is 0.551. The third kappa shape index (κ3) is 1.25. The summed E-state index contributed by atoms with van der Waals surface area (Å²) in [6.45, 7) is 3.03. The van der Waals surface area contributed by atoms with Gasteiger partial charge in [-0.1, -0.05) is 6.92 Å². The van der Waals surface area contributed by atoms with Crippen molar-refractivity contribution in [2.75, 3.05) is 0 Å². The summed E-state index contributed by atoms with van der Waals surface area (Å²) in [5.74, 6) is 1.43. The van der Waals surface area contributed by atoms with E-state index < -0.39 is 0 Å². The van der Waals surface area contributed by atoms with Gasteiger partial charge in [0.15, 0.2) is 0 Å². The molecule has 1 atom stereocenters. The Morgan fingerprint density at radius 2 is 2.20 bits per heavy atom. The molecule has 0 N–H and O–H groups in total. The second-order valence-electron chi connectivity index (χ2n) is 4.74. The predicted octanol–water partition coefficient (Wildman–Crippen LogP) is 1.63. The van der Waals surface area contributed by atoms with Crippen molar-refractivity contribution in [1.29, 1.82) is 0 Å². The number of hydrogen-bond donors (Lipinski definition) is 0. The highest BCUT2D eigenvalue weighted by molar-refractivity contribution is 5.26. The van der Waals surface area contributed by atoms with Crippen LogP contribution in [0.4, 0.5) is 0 Å². The van der Waals surface area contributed by atoms with Gasteiger partial charge in [0.05, 0.1) is 5.69 Å². The molecule has 0 fully saturated rings. The first-order chi connectivity index (χ1) is 7.27. The quantitative estimate of drug-likeness (QED) is 0.643. The predicted molar refractivity (Wildman–Crippen MR) is 58.2 cm³/mol.